The van der Waals surface area contributed by atoms with Crippen molar-refractivity contribution < 1.29 is 28.2 Å². The first-order valence-electron chi connectivity index (χ1n) is 8.31. The van der Waals surface area contributed by atoms with E-state index in [9.17, 15) is 9.59 Å². The Hall–Kier alpha value is -3.19. The number of aryl methyl sites for hydroxylation is 1. The summed E-state index contributed by atoms with van der Waals surface area (Å²) in [6.45, 7) is 1.23. The number of furan rings is 1. The fourth-order valence-corrected chi connectivity index (χ4v) is 2.91. The van der Waals surface area contributed by atoms with E-state index in [2.05, 4.69) is 5.32 Å². The summed E-state index contributed by atoms with van der Waals surface area (Å²) in [5.41, 5.74) is 1.39. The third-order valence-corrected chi connectivity index (χ3v) is 4.41. The lowest BCUT2D eigenvalue weighted by atomic mass is 10.1. The fourth-order valence-electron chi connectivity index (χ4n) is 2.70. The van der Waals surface area contributed by atoms with Crippen molar-refractivity contribution in [3.05, 3.63) is 52.7 Å². The van der Waals surface area contributed by atoms with Gasteiger partial charge in [-0.1, -0.05) is 23.7 Å². The van der Waals surface area contributed by atoms with Gasteiger partial charge in [-0.05, 0) is 25.1 Å². The first-order valence-corrected chi connectivity index (χ1v) is 8.69. The number of carbonyl (C=O) groups is 2. The van der Waals surface area contributed by atoms with Gasteiger partial charge in [0, 0.05) is 17.0 Å². The van der Waals surface area contributed by atoms with Crippen LogP contribution in [0.3, 0.4) is 0 Å². The Labute approximate surface area is 166 Å². The fraction of sp³-hybridized carbons (Fsp3) is 0.200. The van der Waals surface area contributed by atoms with Gasteiger partial charge in [-0.3, -0.25) is 4.79 Å². The number of nitrogens with one attached hydrogen (secondary N) is 1. The van der Waals surface area contributed by atoms with Crippen molar-refractivity contribution in [2.24, 2.45) is 0 Å². The largest absolute Gasteiger partial charge is 0.497 e. The number of carbonyl (C=O) groups excluding carboxylic acids is 2. The minimum Gasteiger partial charge on any atom is -0.497 e. The molecule has 0 saturated heterocycles. The van der Waals surface area contributed by atoms with E-state index in [-0.39, 0.29) is 5.76 Å². The van der Waals surface area contributed by atoms with Crippen molar-refractivity contribution >= 4 is 40.1 Å². The maximum Gasteiger partial charge on any atom is 0.375 e. The molecule has 0 aliphatic carbocycles. The summed E-state index contributed by atoms with van der Waals surface area (Å²) in [5.74, 6) is -0.287. The molecule has 3 aromatic rings. The first-order chi connectivity index (χ1) is 13.4. The number of methoxy groups -OCH3 is 2. The Bertz CT molecular complexity index is 1040. The van der Waals surface area contributed by atoms with Crippen LogP contribution in [0.2, 0.25) is 5.02 Å². The number of esters is 1. The summed E-state index contributed by atoms with van der Waals surface area (Å²) in [4.78, 5) is 24.5. The number of benzene rings is 2. The molecule has 8 heteroatoms. The number of para-hydroxylation sites is 1. The highest BCUT2D eigenvalue weighted by molar-refractivity contribution is 6.35. The predicted molar refractivity (Wildman–Crippen MR) is 104 cm³/mol. The highest BCUT2D eigenvalue weighted by atomic mass is 35.5. The van der Waals surface area contributed by atoms with E-state index >= 15 is 0 Å². The van der Waals surface area contributed by atoms with Crippen LogP contribution in [0.5, 0.6) is 11.5 Å². The van der Waals surface area contributed by atoms with Gasteiger partial charge in [-0.25, -0.2) is 4.79 Å². The third kappa shape index (κ3) is 3.89. The summed E-state index contributed by atoms with van der Waals surface area (Å²) in [6.07, 6.45) is 0. The lowest BCUT2D eigenvalue weighted by Crippen LogP contribution is -2.21. The third-order valence-electron chi connectivity index (χ3n) is 4.12. The maximum absolute atomic E-state index is 12.3. The van der Waals surface area contributed by atoms with Gasteiger partial charge in [0.1, 0.15) is 11.5 Å². The Balaban J connectivity index is 1.69. The van der Waals surface area contributed by atoms with Gasteiger partial charge in [0.05, 0.1) is 24.9 Å². The van der Waals surface area contributed by atoms with Crippen LogP contribution in [0, 0.1) is 6.92 Å². The molecule has 0 fully saturated rings. The number of rotatable bonds is 6. The van der Waals surface area contributed by atoms with E-state index in [1.807, 2.05) is 0 Å². The molecule has 3 rings (SSSR count). The van der Waals surface area contributed by atoms with E-state index in [0.717, 1.165) is 0 Å². The summed E-state index contributed by atoms with van der Waals surface area (Å²) < 4.78 is 20.9. The first kappa shape index (κ1) is 19.6. The quantitative estimate of drug-likeness (QED) is 0.620. The average molecular weight is 404 g/mol. The van der Waals surface area contributed by atoms with Crippen molar-refractivity contribution in [2.45, 2.75) is 6.92 Å². The normalized spacial score (nSPS) is 10.6. The Morgan fingerprint density at radius 1 is 1.14 bits per heavy atom. The second kappa shape index (κ2) is 8.22. The molecule has 1 heterocycles. The number of fused-ring (bicyclic) bond motifs is 1. The van der Waals surface area contributed by atoms with Crippen molar-refractivity contribution in [3.63, 3.8) is 0 Å². The van der Waals surface area contributed by atoms with Crippen LogP contribution in [-0.2, 0) is 9.53 Å². The summed E-state index contributed by atoms with van der Waals surface area (Å²) >= 11 is 6.09. The van der Waals surface area contributed by atoms with Gasteiger partial charge < -0.3 is 23.9 Å². The van der Waals surface area contributed by atoms with Crippen LogP contribution < -0.4 is 14.8 Å². The molecular formula is C20H18ClNO6. The van der Waals surface area contributed by atoms with Gasteiger partial charge in [0.25, 0.3) is 5.91 Å². The summed E-state index contributed by atoms with van der Waals surface area (Å²) in [6, 6.07) is 10.2. The maximum atomic E-state index is 12.3. The molecule has 7 nitrogen and oxygen atoms in total. The van der Waals surface area contributed by atoms with Crippen LogP contribution >= 0.6 is 11.6 Å². The molecule has 0 aliphatic heterocycles. The molecule has 146 valence electrons. The Kier molecular flexibility index (Phi) is 5.75. The van der Waals surface area contributed by atoms with Crippen molar-refractivity contribution in [1.29, 1.82) is 0 Å². The van der Waals surface area contributed by atoms with E-state index in [1.54, 1.807) is 43.3 Å². The minimum atomic E-state index is -0.752. The molecular weight excluding hydrogens is 386 g/mol. The monoisotopic (exact) mass is 403 g/mol. The Morgan fingerprint density at radius 3 is 2.61 bits per heavy atom. The minimum absolute atomic E-state index is 0.00913. The zero-order valence-electron chi connectivity index (χ0n) is 15.5. The van der Waals surface area contributed by atoms with Crippen LogP contribution in [-0.4, -0.2) is 32.7 Å². The molecule has 0 aliphatic rings. The lowest BCUT2D eigenvalue weighted by Gasteiger charge is -2.11. The van der Waals surface area contributed by atoms with Gasteiger partial charge >= 0.3 is 5.97 Å². The molecule has 0 atom stereocenters. The molecule has 28 heavy (non-hydrogen) atoms. The van der Waals surface area contributed by atoms with Crippen LogP contribution in [0.15, 0.2) is 40.8 Å². The molecule has 1 aromatic heterocycles. The van der Waals surface area contributed by atoms with Crippen LogP contribution in [0.1, 0.15) is 16.1 Å². The zero-order valence-corrected chi connectivity index (χ0v) is 16.3. The van der Waals surface area contributed by atoms with Crippen LogP contribution in [0.25, 0.3) is 11.0 Å². The highest BCUT2D eigenvalue weighted by Gasteiger charge is 2.21. The van der Waals surface area contributed by atoms with E-state index in [1.165, 1.54) is 14.2 Å². The Morgan fingerprint density at radius 2 is 1.93 bits per heavy atom. The molecule has 0 radical (unpaired) electrons. The zero-order chi connectivity index (χ0) is 20.3. The number of anilines is 1. The summed E-state index contributed by atoms with van der Waals surface area (Å²) in [5, 5.41) is 3.72. The number of amides is 1. The van der Waals surface area contributed by atoms with E-state index in [4.69, 9.17) is 30.2 Å². The summed E-state index contributed by atoms with van der Waals surface area (Å²) in [7, 11) is 2.99. The molecule has 0 unspecified atom stereocenters. The SMILES string of the molecule is COc1ccc(OC)c(NC(=O)COC(=O)c2oc3c(Cl)cccc3c2C)c1. The number of halogens is 1. The smallest absolute Gasteiger partial charge is 0.375 e. The van der Waals surface area contributed by atoms with Gasteiger partial charge in [0.2, 0.25) is 5.76 Å². The van der Waals surface area contributed by atoms with Crippen molar-refractivity contribution in [2.75, 3.05) is 26.1 Å². The predicted octanol–water partition coefficient (Wildman–Crippen LogP) is 4.21. The van der Waals surface area contributed by atoms with E-state index < -0.39 is 18.5 Å². The molecule has 0 saturated carbocycles. The topological polar surface area (TPSA) is 87.0 Å². The lowest BCUT2D eigenvalue weighted by molar-refractivity contribution is -0.119. The molecule has 2 aromatic carbocycles. The molecule has 1 amide bonds. The molecule has 0 spiro atoms. The number of hydrogen-bond donors (Lipinski definition) is 1. The van der Waals surface area contributed by atoms with Gasteiger partial charge in [-0.2, -0.15) is 0 Å². The molecule has 0 bridgehead atoms. The van der Waals surface area contributed by atoms with Crippen LogP contribution in [0.4, 0.5) is 5.69 Å². The van der Waals surface area contributed by atoms with Crippen molar-refractivity contribution in [3.8, 4) is 11.5 Å². The standard InChI is InChI=1S/C20H18ClNO6/c1-11-13-5-4-6-14(21)19(13)28-18(11)20(24)27-10-17(23)22-15-9-12(25-2)7-8-16(15)26-3/h4-9H,10H2,1-3H3,(H,22,23). The van der Waals surface area contributed by atoms with Gasteiger partial charge in [-0.15, -0.1) is 0 Å². The average Bonchev–Trinajstić information content (AvgIpc) is 3.04. The second-order valence-corrected chi connectivity index (χ2v) is 6.27. The highest BCUT2D eigenvalue weighted by Crippen LogP contribution is 2.31. The second-order valence-electron chi connectivity index (χ2n) is 5.86. The number of hydrogen-bond acceptors (Lipinski definition) is 6. The van der Waals surface area contributed by atoms with Crippen molar-refractivity contribution in [1.82, 2.24) is 0 Å². The van der Waals surface area contributed by atoms with E-state index in [0.29, 0.717) is 38.7 Å². The molecule has 1 N–H and O–H groups in total. The van der Waals surface area contributed by atoms with Gasteiger partial charge in [0.15, 0.2) is 12.2 Å². The number of ether oxygens (including phenoxy) is 3.